The van der Waals surface area contributed by atoms with Crippen molar-refractivity contribution in [2.24, 2.45) is 0 Å². The van der Waals surface area contributed by atoms with Gasteiger partial charge in [-0.05, 0) is 29.5 Å². The van der Waals surface area contributed by atoms with Crippen LogP contribution in [-0.4, -0.2) is 6.61 Å². The molecule has 0 atom stereocenters. The van der Waals surface area contributed by atoms with E-state index in [1.165, 1.54) is 16.7 Å². The fourth-order valence-electron chi connectivity index (χ4n) is 2.49. The van der Waals surface area contributed by atoms with Crippen LogP contribution in [0.15, 0.2) is 12.1 Å². The summed E-state index contributed by atoms with van der Waals surface area (Å²) in [5, 5.41) is 0. The second-order valence-corrected chi connectivity index (χ2v) is 6.61. The summed E-state index contributed by atoms with van der Waals surface area (Å²) < 4.78 is 5.83. The van der Waals surface area contributed by atoms with E-state index < -0.39 is 0 Å². The summed E-state index contributed by atoms with van der Waals surface area (Å²) in [6.45, 7) is 14.3. The van der Waals surface area contributed by atoms with E-state index in [0.29, 0.717) is 0 Å². The van der Waals surface area contributed by atoms with Gasteiger partial charge in [-0.2, -0.15) is 0 Å². The van der Waals surface area contributed by atoms with E-state index in [0.717, 1.165) is 12.4 Å². The molecule has 1 nitrogen and oxygen atoms in total. The highest BCUT2D eigenvalue weighted by atomic mass is 16.5. The van der Waals surface area contributed by atoms with Crippen LogP contribution in [-0.2, 0) is 10.8 Å². The number of benzene rings is 1. The number of hydrogen-bond donors (Lipinski definition) is 0. The Bertz CT molecular complexity index is 422. The summed E-state index contributed by atoms with van der Waals surface area (Å²) in [7, 11) is 0. The zero-order valence-corrected chi connectivity index (χ0v) is 11.3. The SMILES string of the molecule is Cc1cc2c(c(C(C)(C)C)c1)C(C)(C)CO2. The van der Waals surface area contributed by atoms with E-state index in [1.54, 1.807) is 0 Å². The predicted molar refractivity (Wildman–Crippen MR) is 68.4 cm³/mol. The van der Waals surface area contributed by atoms with Crippen molar-refractivity contribution in [1.29, 1.82) is 0 Å². The molecule has 1 aliphatic rings. The molecule has 1 aromatic carbocycles. The van der Waals surface area contributed by atoms with Crippen LogP contribution >= 0.6 is 0 Å². The quantitative estimate of drug-likeness (QED) is 0.640. The van der Waals surface area contributed by atoms with E-state index in [2.05, 4.69) is 53.7 Å². The molecule has 0 aromatic heterocycles. The molecule has 0 saturated carbocycles. The monoisotopic (exact) mass is 218 g/mol. The Morgan fingerprint density at radius 3 is 2.38 bits per heavy atom. The number of rotatable bonds is 0. The lowest BCUT2D eigenvalue weighted by atomic mass is 9.75. The maximum Gasteiger partial charge on any atom is 0.123 e. The van der Waals surface area contributed by atoms with Gasteiger partial charge in [0, 0.05) is 11.0 Å². The first-order valence-corrected chi connectivity index (χ1v) is 6.00. The molecule has 0 N–H and O–H groups in total. The van der Waals surface area contributed by atoms with Crippen molar-refractivity contribution in [3.8, 4) is 5.75 Å². The fourth-order valence-corrected chi connectivity index (χ4v) is 2.49. The number of aryl methyl sites for hydroxylation is 1. The minimum absolute atomic E-state index is 0.144. The van der Waals surface area contributed by atoms with E-state index in [-0.39, 0.29) is 10.8 Å². The smallest absolute Gasteiger partial charge is 0.123 e. The zero-order valence-electron chi connectivity index (χ0n) is 11.3. The predicted octanol–water partition coefficient (Wildman–Crippen LogP) is 3.96. The second-order valence-electron chi connectivity index (χ2n) is 6.61. The molecule has 0 unspecified atom stereocenters. The molecule has 88 valence electrons. The third kappa shape index (κ3) is 1.73. The van der Waals surface area contributed by atoms with Crippen molar-refractivity contribution in [3.05, 3.63) is 28.8 Å². The molecule has 0 fully saturated rings. The standard InChI is InChI=1S/C15H22O/c1-10-7-11(14(2,3)4)13-12(8-10)16-9-15(13,5)6/h7-8H,9H2,1-6H3. The highest BCUT2D eigenvalue weighted by Gasteiger charge is 2.37. The first-order chi connectivity index (χ1) is 7.22. The first kappa shape index (κ1) is 11.5. The lowest BCUT2D eigenvalue weighted by Crippen LogP contribution is -2.24. The zero-order chi connectivity index (χ0) is 12.1. The van der Waals surface area contributed by atoms with Crippen molar-refractivity contribution < 1.29 is 4.74 Å². The van der Waals surface area contributed by atoms with Gasteiger partial charge in [-0.3, -0.25) is 0 Å². The summed E-state index contributed by atoms with van der Waals surface area (Å²) in [5.41, 5.74) is 4.46. The molecule has 1 heterocycles. The van der Waals surface area contributed by atoms with Crippen LogP contribution in [0.3, 0.4) is 0 Å². The van der Waals surface area contributed by atoms with E-state index in [9.17, 15) is 0 Å². The van der Waals surface area contributed by atoms with E-state index in [1.807, 2.05) is 0 Å². The third-order valence-electron chi connectivity index (χ3n) is 3.32. The van der Waals surface area contributed by atoms with Gasteiger partial charge >= 0.3 is 0 Å². The maximum atomic E-state index is 5.83. The molecule has 0 saturated heterocycles. The number of fused-ring (bicyclic) bond motifs is 1. The minimum Gasteiger partial charge on any atom is -0.492 e. The summed E-state index contributed by atoms with van der Waals surface area (Å²) in [4.78, 5) is 0. The van der Waals surface area contributed by atoms with Gasteiger partial charge in [-0.25, -0.2) is 0 Å². The molecule has 1 aromatic rings. The van der Waals surface area contributed by atoms with E-state index >= 15 is 0 Å². The Balaban J connectivity index is 2.71. The van der Waals surface area contributed by atoms with Crippen LogP contribution in [0.5, 0.6) is 5.75 Å². The highest BCUT2D eigenvalue weighted by Crippen LogP contribution is 2.44. The molecule has 1 heteroatoms. The fraction of sp³-hybridized carbons (Fsp3) is 0.600. The minimum atomic E-state index is 0.144. The molecular weight excluding hydrogens is 196 g/mol. The largest absolute Gasteiger partial charge is 0.492 e. The van der Waals surface area contributed by atoms with Gasteiger partial charge in [0.05, 0.1) is 6.61 Å². The molecule has 0 bridgehead atoms. The van der Waals surface area contributed by atoms with Crippen molar-refractivity contribution >= 4 is 0 Å². The Morgan fingerprint density at radius 1 is 1.19 bits per heavy atom. The van der Waals surface area contributed by atoms with Crippen molar-refractivity contribution in [2.45, 2.75) is 52.4 Å². The normalized spacial score (nSPS) is 18.1. The van der Waals surface area contributed by atoms with Gasteiger partial charge in [0.25, 0.3) is 0 Å². The molecule has 2 rings (SSSR count). The second kappa shape index (κ2) is 3.26. The van der Waals surface area contributed by atoms with Gasteiger partial charge in [-0.1, -0.05) is 40.7 Å². The van der Waals surface area contributed by atoms with Crippen LogP contribution in [0.1, 0.15) is 51.3 Å². The van der Waals surface area contributed by atoms with Crippen molar-refractivity contribution in [2.75, 3.05) is 6.61 Å². The van der Waals surface area contributed by atoms with Gasteiger partial charge in [0.1, 0.15) is 5.75 Å². The topological polar surface area (TPSA) is 9.23 Å². The Kier molecular flexibility index (Phi) is 2.34. The van der Waals surface area contributed by atoms with Crippen molar-refractivity contribution in [3.63, 3.8) is 0 Å². The molecule has 0 radical (unpaired) electrons. The van der Waals surface area contributed by atoms with Gasteiger partial charge in [0.15, 0.2) is 0 Å². The summed E-state index contributed by atoms with van der Waals surface area (Å²) in [5.74, 6) is 1.09. The van der Waals surface area contributed by atoms with Gasteiger partial charge < -0.3 is 4.74 Å². The van der Waals surface area contributed by atoms with Crippen LogP contribution in [0.4, 0.5) is 0 Å². The molecule has 0 spiro atoms. The average molecular weight is 218 g/mol. The number of hydrogen-bond acceptors (Lipinski definition) is 1. The molecule has 0 aliphatic carbocycles. The van der Waals surface area contributed by atoms with Crippen LogP contribution in [0.2, 0.25) is 0 Å². The third-order valence-corrected chi connectivity index (χ3v) is 3.32. The lowest BCUT2D eigenvalue weighted by molar-refractivity contribution is 0.290. The van der Waals surface area contributed by atoms with E-state index in [4.69, 9.17) is 4.74 Å². The molecule has 16 heavy (non-hydrogen) atoms. The summed E-state index contributed by atoms with van der Waals surface area (Å²) in [6, 6.07) is 4.48. The average Bonchev–Trinajstić information content (AvgIpc) is 2.39. The summed E-state index contributed by atoms with van der Waals surface area (Å²) in [6.07, 6.45) is 0. The molecule has 0 amide bonds. The van der Waals surface area contributed by atoms with Crippen molar-refractivity contribution in [1.82, 2.24) is 0 Å². The number of ether oxygens (including phenoxy) is 1. The summed E-state index contributed by atoms with van der Waals surface area (Å²) >= 11 is 0. The lowest BCUT2D eigenvalue weighted by Gasteiger charge is -2.27. The maximum absolute atomic E-state index is 5.83. The van der Waals surface area contributed by atoms with Gasteiger partial charge in [0.2, 0.25) is 0 Å². The molecule has 1 aliphatic heterocycles. The molecular formula is C15H22O. The van der Waals surface area contributed by atoms with Gasteiger partial charge in [-0.15, -0.1) is 0 Å². The Labute approximate surface area is 98.8 Å². The Hall–Kier alpha value is -0.980. The Morgan fingerprint density at radius 2 is 1.81 bits per heavy atom. The van der Waals surface area contributed by atoms with Crippen LogP contribution in [0, 0.1) is 6.92 Å². The highest BCUT2D eigenvalue weighted by molar-refractivity contribution is 5.52. The van der Waals surface area contributed by atoms with Crippen LogP contribution in [0.25, 0.3) is 0 Å². The van der Waals surface area contributed by atoms with Crippen LogP contribution < -0.4 is 4.74 Å². The first-order valence-electron chi connectivity index (χ1n) is 6.00.